The molecule has 0 aliphatic carbocycles. The number of nitrogens with zero attached hydrogens (tertiary/aromatic N) is 2. The topological polar surface area (TPSA) is 76.7 Å². The summed E-state index contributed by atoms with van der Waals surface area (Å²) in [6.45, 7) is 0. The van der Waals surface area contributed by atoms with Crippen molar-refractivity contribution in [1.82, 2.24) is 0 Å². The molecule has 1 aliphatic heterocycles. The molecule has 0 saturated heterocycles. The molecule has 0 spiro atoms. The first kappa shape index (κ1) is 11.5. The van der Waals surface area contributed by atoms with Gasteiger partial charge in [0.2, 0.25) is 0 Å². The molecule has 1 aliphatic rings. The van der Waals surface area contributed by atoms with Gasteiger partial charge in [-0.1, -0.05) is 23.2 Å². The van der Waals surface area contributed by atoms with Crippen LogP contribution in [0.1, 0.15) is 5.56 Å². The van der Waals surface area contributed by atoms with Crippen molar-refractivity contribution in [3.63, 3.8) is 0 Å². The van der Waals surface area contributed by atoms with E-state index in [0.717, 1.165) is 0 Å². The summed E-state index contributed by atoms with van der Waals surface area (Å²) in [5.41, 5.74) is 0.646. The van der Waals surface area contributed by atoms with Crippen molar-refractivity contribution in [2.75, 3.05) is 5.32 Å². The molecule has 4 nitrogen and oxygen atoms in total. The van der Waals surface area contributed by atoms with Gasteiger partial charge in [0.25, 0.3) is 5.91 Å². The number of hydrogen-bond acceptors (Lipinski definition) is 3. The minimum absolute atomic E-state index is 0.0311. The molecule has 17 heavy (non-hydrogen) atoms. The number of fused-ring (bicyclic) bond motifs is 1. The summed E-state index contributed by atoms with van der Waals surface area (Å²) in [4.78, 5) is 11.7. The lowest BCUT2D eigenvalue weighted by Gasteiger charge is -2.01. The SMILES string of the molecule is N#CC(C#N)=C1C(=O)Nc2cc(Cl)c(Cl)cc21. The van der Waals surface area contributed by atoms with Gasteiger partial charge < -0.3 is 5.32 Å². The third kappa shape index (κ3) is 1.74. The van der Waals surface area contributed by atoms with E-state index in [1.165, 1.54) is 12.1 Å². The molecule has 1 aromatic rings. The van der Waals surface area contributed by atoms with Crippen LogP contribution in [-0.4, -0.2) is 5.91 Å². The van der Waals surface area contributed by atoms with Gasteiger partial charge in [0.05, 0.1) is 21.3 Å². The second-order valence-electron chi connectivity index (χ2n) is 3.24. The highest BCUT2D eigenvalue weighted by Gasteiger charge is 2.28. The average molecular weight is 264 g/mol. The van der Waals surface area contributed by atoms with Gasteiger partial charge in [-0.2, -0.15) is 10.5 Å². The molecule has 0 saturated carbocycles. The first-order valence-corrected chi connectivity index (χ1v) is 5.19. The normalized spacial score (nSPS) is 12.5. The lowest BCUT2D eigenvalue weighted by Crippen LogP contribution is -2.05. The van der Waals surface area contributed by atoms with Crippen molar-refractivity contribution in [2.24, 2.45) is 0 Å². The Morgan fingerprint density at radius 2 is 1.76 bits per heavy atom. The Balaban J connectivity index is 2.77. The van der Waals surface area contributed by atoms with E-state index in [1.807, 2.05) is 0 Å². The van der Waals surface area contributed by atoms with Gasteiger partial charge in [0, 0.05) is 5.56 Å². The second kappa shape index (κ2) is 4.10. The van der Waals surface area contributed by atoms with E-state index >= 15 is 0 Å². The van der Waals surface area contributed by atoms with Crippen molar-refractivity contribution in [3.8, 4) is 12.1 Å². The molecule has 0 unspecified atom stereocenters. The van der Waals surface area contributed by atoms with Crippen LogP contribution in [0, 0.1) is 22.7 Å². The molecule has 0 bridgehead atoms. The molecule has 1 amide bonds. The molecule has 0 atom stereocenters. The van der Waals surface area contributed by atoms with E-state index < -0.39 is 5.91 Å². The minimum Gasteiger partial charge on any atom is -0.321 e. The van der Waals surface area contributed by atoms with Gasteiger partial charge in [-0.3, -0.25) is 4.79 Å². The molecule has 0 radical (unpaired) electrons. The maximum absolute atomic E-state index is 11.7. The summed E-state index contributed by atoms with van der Waals surface area (Å²) in [7, 11) is 0. The Morgan fingerprint density at radius 1 is 1.18 bits per heavy atom. The summed E-state index contributed by atoms with van der Waals surface area (Å²) in [5, 5.41) is 20.6. The van der Waals surface area contributed by atoms with Crippen molar-refractivity contribution < 1.29 is 4.79 Å². The summed E-state index contributed by atoms with van der Waals surface area (Å²) in [5.74, 6) is -0.503. The van der Waals surface area contributed by atoms with Crippen molar-refractivity contribution in [2.45, 2.75) is 0 Å². The quantitative estimate of drug-likeness (QED) is 0.578. The van der Waals surface area contributed by atoms with Crippen LogP contribution in [0.15, 0.2) is 17.7 Å². The summed E-state index contributed by atoms with van der Waals surface area (Å²) >= 11 is 11.6. The number of carbonyl (C=O) groups is 1. The number of rotatable bonds is 0. The number of carbonyl (C=O) groups excluding carboxylic acids is 1. The smallest absolute Gasteiger partial charge is 0.258 e. The van der Waals surface area contributed by atoms with E-state index in [-0.39, 0.29) is 16.2 Å². The number of anilines is 1. The van der Waals surface area contributed by atoms with Crippen molar-refractivity contribution in [1.29, 1.82) is 10.5 Å². The lowest BCUT2D eigenvalue weighted by atomic mass is 10.0. The zero-order valence-corrected chi connectivity index (χ0v) is 9.73. The Labute approximate surface area is 107 Å². The Bertz CT molecular complexity index is 634. The summed E-state index contributed by atoms with van der Waals surface area (Å²) in [6.07, 6.45) is 0. The van der Waals surface area contributed by atoms with Crippen LogP contribution in [-0.2, 0) is 4.79 Å². The van der Waals surface area contributed by atoms with Crippen LogP contribution in [0.4, 0.5) is 5.69 Å². The van der Waals surface area contributed by atoms with Gasteiger partial charge >= 0.3 is 0 Å². The first-order valence-electron chi connectivity index (χ1n) is 4.43. The number of benzene rings is 1. The molecule has 0 aromatic heterocycles. The van der Waals surface area contributed by atoms with Gasteiger partial charge in [0.1, 0.15) is 17.7 Å². The van der Waals surface area contributed by atoms with E-state index in [9.17, 15) is 4.79 Å². The zero-order valence-electron chi connectivity index (χ0n) is 8.21. The number of amides is 1. The molecule has 82 valence electrons. The Kier molecular flexibility index (Phi) is 2.77. The van der Waals surface area contributed by atoms with Crippen LogP contribution in [0.5, 0.6) is 0 Å². The molecule has 1 N–H and O–H groups in total. The molecule has 0 fully saturated rings. The fourth-order valence-corrected chi connectivity index (χ4v) is 1.88. The van der Waals surface area contributed by atoms with Crippen LogP contribution in [0.2, 0.25) is 10.0 Å². The standard InChI is InChI=1S/C11H3Cl2N3O/c12-7-1-6-9(2-8(7)13)16-11(17)10(6)5(3-14)4-15/h1-2H,(H,16,17). The van der Waals surface area contributed by atoms with Gasteiger partial charge in [-0.25, -0.2) is 0 Å². The fourth-order valence-electron chi connectivity index (χ4n) is 1.55. The second-order valence-corrected chi connectivity index (χ2v) is 4.05. The van der Waals surface area contributed by atoms with Gasteiger partial charge in [-0.15, -0.1) is 0 Å². The third-order valence-corrected chi connectivity index (χ3v) is 3.00. The van der Waals surface area contributed by atoms with E-state index in [2.05, 4.69) is 5.32 Å². The number of nitrogens with one attached hydrogen (secondary N) is 1. The largest absolute Gasteiger partial charge is 0.321 e. The summed E-state index contributed by atoms with van der Waals surface area (Å²) in [6, 6.07) is 6.30. The zero-order chi connectivity index (χ0) is 12.6. The van der Waals surface area contributed by atoms with Crippen LogP contribution < -0.4 is 5.32 Å². The highest BCUT2D eigenvalue weighted by molar-refractivity contribution is 6.43. The number of hydrogen-bond donors (Lipinski definition) is 1. The summed E-state index contributed by atoms with van der Waals surface area (Å²) < 4.78 is 0. The minimum atomic E-state index is -0.503. The molecule has 1 aromatic carbocycles. The monoisotopic (exact) mass is 263 g/mol. The molecule has 2 rings (SSSR count). The average Bonchev–Trinajstić information content (AvgIpc) is 2.59. The van der Waals surface area contributed by atoms with Crippen molar-refractivity contribution in [3.05, 3.63) is 33.3 Å². The number of halogens is 2. The maximum Gasteiger partial charge on any atom is 0.258 e. The fraction of sp³-hybridized carbons (Fsp3) is 0. The molecular weight excluding hydrogens is 261 g/mol. The highest BCUT2D eigenvalue weighted by Crippen LogP contribution is 2.38. The predicted octanol–water partition coefficient (Wildman–Crippen LogP) is 2.75. The van der Waals surface area contributed by atoms with E-state index in [0.29, 0.717) is 16.3 Å². The Morgan fingerprint density at radius 3 is 2.35 bits per heavy atom. The Hall–Kier alpha value is -2.01. The number of allylic oxidation sites excluding steroid dienone is 1. The van der Waals surface area contributed by atoms with E-state index in [1.54, 1.807) is 12.1 Å². The van der Waals surface area contributed by atoms with Crippen molar-refractivity contribution >= 4 is 40.4 Å². The van der Waals surface area contributed by atoms with Gasteiger partial charge in [-0.05, 0) is 12.1 Å². The lowest BCUT2D eigenvalue weighted by molar-refractivity contribution is -0.110. The van der Waals surface area contributed by atoms with Gasteiger partial charge in [0.15, 0.2) is 0 Å². The molecular formula is C11H3Cl2N3O. The highest BCUT2D eigenvalue weighted by atomic mass is 35.5. The molecule has 1 heterocycles. The molecule has 6 heteroatoms. The number of nitriles is 2. The van der Waals surface area contributed by atoms with Crippen LogP contribution in [0.3, 0.4) is 0 Å². The van der Waals surface area contributed by atoms with E-state index in [4.69, 9.17) is 33.7 Å². The third-order valence-electron chi connectivity index (χ3n) is 2.28. The predicted molar refractivity (Wildman–Crippen MR) is 63.2 cm³/mol. The first-order chi connectivity index (χ1) is 8.08. The van der Waals surface area contributed by atoms with Crippen LogP contribution in [0.25, 0.3) is 5.57 Å². The maximum atomic E-state index is 11.7. The van der Waals surface area contributed by atoms with Crippen LogP contribution >= 0.6 is 23.2 Å².